The minimum Gasteiger partial charge on any atom is -1.00 e. The van der Waals surface area contributed by atoms with Crippen LogP contribution in [-0.2, 0) is 0 Å². The van der Waals surface area contributed by atoms with Gasteiger partial charge in [-0.1, -0.05) is 46.0 Å². The molecular weight excluding hydrogens is 91.0 g/mol. The van der Waals surface area contributed by atoms with E-state index in [1.807, 2.05) is 0 Å². The third-order valence-corrected chi connectivity index (χ3v) is 1.21. The zero-order valence-electron chi connectivity index (χ0n) is 7.54. The molecule has 0 atom stereocenters. The van der Waals surface area contributed by atoms with Gasteiger partial charge in [0.15, 0.2) is 0 Å². The maximum atomic E-state index is 2.25. The van der Waals surface area contributed by atoms with E-state index in [-0.39, 0.29) is 20.3 Å². The molecule has 0 heterocycles. The smallest absolute Gasteiger partial charge is 1.00 e. The normalized spacial score (nSPS) is 8.25. The minimum absolute atomic E-state index is 0. The predicted molar refractivity (Wildman–Crippen MR) is 35.5 cm³/mol. The molecule has 0 unspecified atom stereocenters. The number of rotatable bonds is 4. The molecule has 0 aliphatic heterocycles. The van der Waals surface area contributed by atoms with Gasteiger partial charge in [-0.15, -0.1) is 0 Å². The van der Waals surface area contributed by atoms with Crippen molar-refractivity contribution < 1.29 is 20.3 Å². The molecular formula is C7H17Li. The van der Waals surface area contributed by atoms with E-state index in [1.54, 1.807) is 0 Å². The van der Waals surface area contributed by atoms with Gasteiger partial charge in [-0.3, -0.25) is 0 Å². The first-order chi connectivity index (χ1) is 3.41. The molecule has 0 N–H and O–H groups in total. The summed E-state index contributed by atoms with van der Waals surface area (Å²) < 4.78 is 0. The zero-order chi connectivity index (χ0) is 5.54. The Bertz CT molecular complexity index is 28.1. The van der Waals surface area contributed by atoms with E-state index in [1.165, 1.54) is 32.1 Å². The Morgan fingerprint density at radius 3 is 1.50 bits per heavy atom. The van der Waals surface area contributed by atoms with Crippen LogP contribution in [0.3, 0.4) is 0 Å². The summed E-state index contributed by atoms with van der Waals surface area (Å²) in [4.78, 5) is 0. The summed E-state index contributed by atoms with van der Waals surface area (Å²) in [7, 11) is 0. The van der Waals surface area contributed by atoms with Gasteiger partial charge >= 0.3 is 18.9 Å². The average molecular weight is 108 g/mol. The molecule has 0 amide bonds. The fourth-order valence-corrected chi connectivity index (χ4v) is 0.677. The van der Waals surface area contributed by atoms with Crippen LogP contribution in [0.25, 0.3) is 0 Å². The molecule has 0 spiro atoms. The maximum Gasteiger partial charge on any atom is 1.00 e. The molecule has 8 heavy (non-hydrogen) atoms. The summed E-state index contributed by atoms with van der Waals surface area (Å²) in [6, 6.07) is 0. The second kappa shape index (κ2) is 10.6. The standard InChI is InChI=1S/C7H16.Li.H/c1-3-5-7-6-4-2;;/h3-7H2,1-2H3;;/q;+1;-1. The number of hydrogen-bond donors (Lipinski definition) is 0. The fraction of sp³-hybridized carbons (Fsp3) is 1.00. The Morgan fingerprint density at radius 2 is 1.25 bits per heavy atom. The summed E-state index contributed by atoms with van der Waals surface area (Å²) in [5, 5.41) is 0. The van der Waals surface area contributed by atoms with E-state index in [0.29, 0.717) is 0 Å². The summed E-state index contributed by atoms with van der Waals surface area (Å²) in [5.41, 5.74) is 0. The van der Waals surface area contributed by atoms with Crippen LogP contribution in [0.15, 0.2) is 0 Å². The third kappa shape index (κ3) is 9.78. The van der Waals surface area contributed by atoms with Crippen LogP contribution in [-0.4, -0.2) is 0 Å². The van der Waals surface area contributed by atoms with E-state index in [4.69, 9.17) is 0 Å². The molecule has 0 aliphatic rings. The van der Waals surface area contributed by atoms with Gasteiger partial charge in [0.05, 0.1) is 0 Å². The molecule has 1 heteroatoms. The molecule has 0 bridgehead atoms. The molecule has 0 aliphatic carbocycles. The maximum absolute atomic E-state index is 2.25. The van der Waals surface area contributed by atoms with Crippen LogP contribution in [0, 0.1) is 0 Å². The molecule has 46 valence electrons. The van der Waals surface area contributed by atoms with Crippen molar-refractivity contribution in [1.82, 2.24) is 0 Å². The predicted octanol–water partition coefficient (Wildman–Crippen LogP) is 0.0932. The molecule has 0 aromatic heterocycles. The van der Waals surface area contributed by atoms with Crippen LogP contribution >= 0.6 is 0 Å². The van der Waals surface area contributed by atoms with E-state index in [2.05, 4.69) is 13.8 Å². The summed E-state index contributed by atoms with van der Waals surface area (Å²) in [6.07, 6.45) is 7.01. The van der Waals surface area contributed by atoms with Crippen molar-refractivity contribution in [3.8, 4) is 0 Å². The Labute approximate surface area is 66.7 Å². The molecule has 0 fully saturated rings. The average Bonchev–Trinajstić information content (AvgIpc) is 1.69. The first-order valence-corrected chi connectivity index (χ1v) is 3.41. The summed E-state index contributed by atoms with van der Waals surface area (Å²) >= 11 is 0. The monoisotopic (exact) mass is 108 g/mol. The van der Waals surface area contributed by atoms with Crippen molar-refractivity contribution in [2.24, 2.45) is 0 Å². The molecule has 0 radical (unpaired) electrons. The first-order valence-electron chi connectivity index (χ1n) is 3.41. The third-order valence-electron chi connectivity index (χ3n) is 1.21. The minimum atomic E-state index is 0. The van der Waals surface area contributed by atoms with E-state index in [0.717, 1.165) is 0 Å². The Morgan fingerprint density at radius 1 is 0.875 bits per heavy atom. The Hall–Kier alpha value is 0.597. The van der Waals surface area contributed by atoms with Gasteiger partial charge in [-0.25, -0.2) is 0 Å². The number of unbranched alkanes of at least 4 members (excludes halogenated alkanes) is 4. The molecule has 0 saturated heterocycles. The van der Waals surface area contributed by atoms with Crippen LogP contribution in [0.4, 0.5) is 0 Å². The first kappa shape index (κ1) is 11.4. The summed E-state index contributed by atoms with van der Waals surface area (Å²) in [5.74, 6) is 0. The van der Waals surface area contributed by atoms with Gasteiger partial charge in [0, 0.05) is 0 Å². The van der Waals surface area contributed by atoms with E-state index in [9.17, 15) is 0 Å². The van der Waals surface area contributed by atoms with Crippen LogP contribution in [0.1, 0.15) is 47.4 Å². The van der Waals surface area contributed by atoms with Gasteiger partial charge in [-0.2, -0.15) is 0 Å². The van der Waals surface area contributed by atoms with Crippen molar-refractivity contribution >= 4 is 0 Å². The molecule has 0 aromatic rings. The SMILES string of the molecule is CCCCCCC.[H-].[Li+]. The molecule has 0 aromatic carbocycles. The Kier molecular flexibility index (Phi) is 15.0. The van der Waals surface area contributed by atoms with Gasteiger partial charge in [0.1, 0.15) is 0 Å². The van der Waals surface area contributed by atoms with Gasteiger partial charge < -0.3 is 1.43 Å². The zero-order valence-corrected chi connectivity index (χ0v) is 6.54. The largest absolute Gasteiger partial charge is 1.00 e. The van der Waals surface area contributed by atoms with Crippen LogP contribution in [0.5, 0.6) is 0 Å². The van der Waals surface area contributed by atoms with E-state index >= 15 is 0 Å². The fourth-order valence-electron chi connectivity index (χ4n) is 0.677. The summed E-state index contributed by atoms with van der Waals surface area (Å²) in [6.45, 7) is 4.49. The van der Waals surface area contributed by atoms with Crippen LogP contribution in [0.2, 0.25) is 0 Å². The second-order valence-corrected chi connectivity index (χ2v) is 2.06. The Balaban J connectivity index is -0.000000180. The second-order valence-electron chi connectivity index (χ2n) is 2.06. The van der Waals surface area contributed by atoms with Gasteiger partial charge in [0.2, 0.25) is 0 Å². The topological polar surface area (TPSA) is 0 Å². The molecule has 0 nitrogen and oxygen atoms in total. The van der Waals surface area contributed by atoms with Crippen molar-refractivity contribution in [2.45, 2.75) is 46.0 Å². The quantitative estimate of drug-likeness (QED) is 0.354. The van der Waals surface area contributed by atoms with Crippen molar-refractivity contribution in [2.75, 3.05) is 0 Å². The van der Waals surface area contributed by atoms with E-state index < -0.39 is 0 Å². The van der Waals surface area contributed by atoms with Crippen LogP contribution < -0.4 is 18.9 Å². The number of hydrogen-bond acceptors (Lipinski definition) is 0. The molecule has 0 rings (SSSR count). The van der Waals surface area contributed by atoms with Crippen molar-refractivity contribution in [3.63, 3.8) is 0 Å². The van der Waals surface area contributed by atoms with Crippen molar-refractivity contribution in [3.05, 3.63) is 0 Å². The van der Waals surface area contributed by atoms with Gasteiger partial charge in [-0.05, 0) is 0 Å². The van der Waals surface area contributed by atoms with Crippen molar-refractivity contribution in [1.29, 1.82) is 0 Å². The molecule has 0 saturated carbocycles. The van der Waals surface area contributed by atoms with Gasteiger partial charge in [0.25, 0.3) is 0 Å².